The van der Waals surface area contributed by atoms with Gasteiger partial charge >= 0.3 is 0 Å². The summed E-state index contributed by atoms with van der Waals surface area (Å²) in [6.45, 7) is 3.14. The van der Waals surface area contributed by atoms with E-state index in [9.17, 15) is 4.79 Å². The third-order valence-electron chi connectivity index (χ3n) is 2.55. The number of fused-ring (bicyclic) bond motifs is 1. The fraction of sp³-hybridized carbons (Fsp3) is 0.417. The normalized spacial score (nSPS) is 18.2. The standard InChI is InChI=1S/C12H16N2O2/c1-8-6-14-10-5-9(11(15)7-13-2)3-4-12(10)16-8/h3-5,8,13-14H,6-7H2,1-2H3. The van der Waals surface area contributed by atoms with Crippen LogP contribution < -0.4 is 15.4 Å². The molecule has 1 heterocycles. The van der Waals surface area contributed by atoms with Gasteiger partial charge in [-0.05, 0) is 32.2 Å². The van der Waals surface area contributed by atoms with E-state index in [1.165, 1.54) is 0 Å². The molecule has 0 saturated heterocycles. The van der Waals surface area contributed by atoms with Crippen molar-refractivity contribution in [1.29, 1.82) is 0 Å². The van der Waals surface area contributed by atoms with Gasteiger partial charge in [0.15, 0.2) is 5.78 Å². The monoisotopic (exact) mass is 220 g/mol. The van der Waals surface area contributed by atoms with Crippen molar-refractivity contribution in [3.63, 3.8) is 0 Å². The van der Waals surface area contributed by atoms with Crippen LogP contribution in [0, 0.1) is 0 Å². The number of likely N-dealkylation sites (N-methyl/N-ethyl adjacent to an activating group) is 1. The van der Waals surface area contributed by atoms with E-state index in [1.807, 2.05) is 19.1 Å². The molecular formula is C12H16N2O2. The highest BCUT2D eigenvalue weighted by molar-refractivity contribution is 5.98. The topological polar surface area (TPSA) is 50.4 Å². The van der Waals surface area contributed by atoms with Crippen LogP contribution in [0.15, 0.2) is 18.2 Å². The summed E-state index contributed by atoms with van der Waals surface area (Å²) in [5, 5.41) is 6.10. The Labute approximate surface area is 95.0 Å². The summed E-state index contributed by atoms with van der Waals surface area (Å²) in [4.78, 5) is 11.7. The first-order valence-corrected chi connectivity index (χ1v) is 5.43. The third-order valence-corrected chi connectivity index (χ3v) is 2.55. The first-order chi connectivity index (χ1) is 7.70. The first kappa shape index (κ1) is 11.0. The van der Waals surface area contributed by atoms with Gasteiger partial charge in [0.2, 0.25) is 0 Å². The lowest BCUT2D eigenvalue weighted by Crippen LogP contribution is -2.28. The summed E-state index contributed by atoms with van der Waals surface area (Å²) in [6.07, 6.45) is 0.173. The summed E-state index contributed by atoms with van der Waals surface area (Å²) in [5.41, 5.74) is 1.61. The fourth-order valence-corrected chi connectivity index (χ4v) is 1.72. The highest BCUT2D eigenvalue weighted by Gasteiger charge is 2.16. The molecule has 1 atom stereocenters. The van der Waals surface area contributed by atoms with Gasteiger partial charge in [0.25, 0.3) is 0 Å². The van der Waals surface area contributed by atoms with E-state index in [2.05, 4.69) is 10.6 Å². The quantitative estimate of drug-likeness (QED) is 0.753. The van der Waals surface area contributed by atoms with Crippen molar-refractivity contribution in [1.82, 2.24) is 5.32 Å². The second kappa shape index (κ2) is 4.53. The van der Waals surface area contributed by atoms with Gasteiger partial charge in [0.05, 0.1) is 18.8 Å². The lowest BCUT2D eigenvalue weighted by atomic mass is 10.1. The van der Waals surface area contributed by atoms with E-state index in [-0.39, 0.29) is 11.9 Å². The molecule has 1 aromatic rings. The number of anilines is 1. The maximum Gasteiger partial charge on any atom is 0.176 e. The van der Waals surface area contributed by atoms with Crippen molar-refractivity contribution in [3.05, 3.63) is 23.8 Å². The summed E-state index contributed by atoms with van der Waals surface area (Å²) in [5.74, 6) is 0.908. The van der Waals surface area contributed by atoms with Crippen LogP contribution in [0.1, 0.15) is 17.3 Å². The molecule has 0 radical (unpaired) electrons. The molecule has 1 aliphatic heterocycles. The predicted molar refractivity (Wildman–Crippen MR) is 63.3 cm³/mol. The Morgan fingerprint density at radius 1 is 1.62 bits per heavy atom. The summed E-state index contributed by atoms with van der Waals surface area (Å²) < 4.78 is 5.64. The number of hydrogen-bond donors (Lipinski definition) is 2. The minimum atomic E-state index is 0.0886. The van der Waals surface area contributed by atoms with Gasteiger partial charge in [-0.15, -0.1) is 0 Å². The lowest BCUT2D eigenvalue weighted by Gasteiger charge is -2.25. The molecule has 0 saturated carbocycles. The van der Waals surface area contributed by atoms with Gasteiger partial charge in [0.1, 0.15) is 11.9 Å². The molecule has 4 nitrogen and oxygen atoms in total. The van der Waals surface area contributed by atoms with Crippen molar-refractivity contribution in [2.24, 2.45) is 0 Å². The molecule has 2 N–H and O–H groups in total. The van der Waals surface area contributed by atoms with Crippen LogP contribution in [0.25, 0.3) is 0 Å². The molecule has 1 unspecified atom stereocenters. The molecule has 1 aliphatic rings. The van der Waals surface area contributed by atoms with Crippen molar-refractivity contribution < 1.29 is 9.53 Å². The molecule has 0 spiro atoms. The van der Waals surface area contributed by atoms with Gasteiger partial charge in [-0.3, -0.25) is 4.79 Å². The average molecular weight is 220 g/mol. The number of benzene rings is 1. The first-order valence-electron chi connectivity index (χ1n) is 5.43. The SMILES string of the molecule is CNCC(=O)c1ccc2c(c1)NCC(C)O2. The molecule has 0 aliphatic carbocycles. The number of ketones is 1. The Kier molecular flexibility index (Phi) is 3.10. The minimum Gasteiger partial charge on any atom is -0.487 e. The molecule has 4 heteroatoms. The molecule has 0 aromatic heterocycles. The van der Waals surface area contributed by atoms with E-state index in [0.29, 0.717) is 12.1 Å². The number of hydrogen-bond acceptors (Lipinski definition) is 4. The van der Waals surface area contributed by atoms with Crippen molar-refractivity contribution in [3.8, 4) is 5.75 Å². The maximum atomic E-state index is 11.7. The Bertz CT molecular complexity index is 404. The zero-order chi connectivity index (χ0) is 11.5. The minimum absolute atomic E-state index is 0.0886. The van der Waals surface area contributed by atoms with Crippen LogP contribution in [-0.4, -0.2) is 32.0 Å². The van der Waals surface area contributed by atoms with Crippen LogP contribution in [-0.2, 0) is 0 Å². The number of nitrogens with one attached hydrogen (secondary N) is 2. The molecule has 16 heavy (non-hydrogen) atoms. The van der Waals surface area contributed by atoms with E-state index < -0.39 is 0 Å². The van der Waals surface area contributed by atoms with E-state index in [4.69, 9.17) is 4.74 Å². The largest absolute Gasteiger partial charge is 0.487 e. The van der Waals surface area contributed by atoms with E-state index in [0.717, 1.165) is 18.0 Å². The Morgan fingerprint density at radius 2 is 2.44 bits per heavy atom. The van der Waals surface area contributed by atoms with Crippen LogP contribution in [0.5, 0.6) is 5.75 Å². The highest BCUT2D eigenvalue weighted by Crippen LogP contribution is 2.29. The average Bonchev–Trinajstić information content (AvgIpc) is 2.28. The van der Waals surface area contributed by atoms with Crippen molar-refractivity contribution in [2.75, 3.05) is 25.5 Å². The molecule has 0 amide bonds. The summed E-state index contributed by atoms with van der Waals surface area (Å²) in [7, 11) is 1.76. The number of Topliss-reactive ketones (excluding diaryl/α,β-unsaturated/α-hetero) is 1. The molecule has 86 valence electrons. The van der Waals surface area contributed by atoms with Gasteiger partial charge < -0.3 is 15.4 Å². The Balaban J connectivity index is 2.22. The van der Waals surface area contributed by atoms with Crippen LogP contribution >= 0.6 is 0 Å². The fourth-order valence-electron chi connectivity index (χ4n) is 1.72. The van der Waals surface area contributed by atoms with Crippen LogP contribution in [0.2, 0.25) is 0 Å². The Morgan fingerprint density at radius 3 is 3.19 bits per heavy atom. The number of rotatable bonds is 3. The lowest BCUT2D eigenvalue weighted by molar-refractivity contribution is 0.0993. The van der Waals surface area contributed by atoms with Crippen LogP contribution in [0.4, 0.5) is 5.69 Å². The maximum absolute atomic E-state index is 11.7. The zero-order valence-electron chi connectivity index (χ0n) is 9.54. The summed E-state index contributed by atoms with van der Waals surface area (Å²) in [6, 6.07) is 5.50. The molecular weight excluding hydrogens is 204 g/mol. The Hall–Kier alpha value is -1.55. The van der Waals surface area contributed by atoms with Gasteiger partial charge in [-0.25, -0.2) is 0 Å². The van der Waals surface area contributed by atoms with Crippen molar-refractivity contribution in [2.45, 2.75) is 13.0 Å². The smallest absolute Gasteiger partial charge is 0.176 e. The zero-order valence-corrected chi connectivity index (χ0v) is 9.54. The van der Waals surface area contributed by atoms with Gasteiger partial charge in [-0.1, -0.05) is 0 Å². The predicted octanol–water partition coefficient (Wildman–Crippen LogP) is 1.28. The second-order valence-electron chi connectivity index (χ2n) is 3.97. The van der Waals surface area contributed by atoms with Gasteiger partial charge in [0, 0.05) is 5.56 Å². The highest BCUT2D eigenvalue weighted by atomic mass is 16.5. The molecule has 1 aromatic carbocycles. The van der Waals surface area contributed by atoms with Crippen molar-refractivity contribution >= 4 is 11.5 Å². The second-order valence-corrected chi connectivity index (χ2v) is 3.97. The summed E-state index contributed by atoms with van der Waals surface area (Å²) >= 11 is 0. The molecule has 0 bridgehead atoms. The van der Waals surface area contributed by atoms with Crippen LogP contribution in [0.3, 0.4) is 0 Å². The van der Waals surface area contributed by atoms with E-state index in [1.54, 1.807) is 13.1 Å². The molecule has 0 fully saturated rings. The number of carbonyl (C=O) groups excluding carboxylic acids is 1. The van der Waals surface area contributed by atoms with E-state index >= 15 is 0 Å². The number of ether oxygens (including phenoxy) is 1. The number of carbonyl (C=O) groups is 1. The third kappa shape index (κ3) is 2.17. The van der Waals surface area contributed by atoms with Gasteiger partial charge in [-0.2, -0.15) is 0 Å². The molecule has 2 rings (SSSR count).